The van der Waals surface area contributed by atoms with Gasteiger partial charge in [-0.05, 0) is 44.1 Å². The minimum atomic E-state index is 0.315. The van der Waals surface area contributed by atoms with Crippen molar-refractivity contribution >= 4 is 5.91 Å². The van der Waals surface area contributed by atoms with Crippen molar-refractivity contribution in [3.05, 3.63) is 0 Å². The minimum absolute atomic E-state index is 0.315. The van der Waals surface area contributed by atoms with Crippen LogP contribution in [0.15, 0.2) is 0 Å². The summed E-state index contributed by atoms with van der Waals surface area (Å²) in [5, 5.41) is 0. The van der Waals surface area contributed by atoms with E-state index in [9.17, 15) is 4.79 Å². The molecule has 0 radical (unpaired) electrons. The summed E-state index contributed by atoms with van der Waals surface area (Å²) in [7, 11) is 1.75. The van der Waals surface area contributed by atoms with Crippen molar-refractivity contribution in [3.8, 4) is 0 Å². The van der Waals surface area contributed by atoms with Crippen LogP contribution in [0.2, 0.25) is 0 Å². The van der Waals surface area contributed by atoms with Gasteiger partial charge in [-0.25, -0.2) is 0 Å². The van der Waals surface area contributed by atoms with E-state index in [0.717, 1.165) is 51.9 Å². The number of nitrogens with two attached hydrogens (primary N) is 1. The van der Waals surface area contributed by atoms with Crippen molar-refractivity contribution in [2.45, 2.75) is 39.0 Å². The van der Waals surface area contributed by atoms with E-state index < -0.39 is 0 Å². The maximum Gasteiger partial charge on any atom is 0.222 e. The molecule has 4 heteroatoms. The third kappa shape index (κ3) is 5.36. The summed E-state index contributed by atoms with van der Waals surface area (Å²) >= 11 is 0. The number of rotatable bonds is 7. The van der Waals surface area contributed by atoms with Gasteiger partial charge in [-0.1, -0.05) is 6.92 Å². The highest BCUT2D eigenvalue weighted by Gasteiger charge is 2.22. The van der Waals surface area contributed by atoms with E-state index >= 15 is 0 Å². The molecule has 1 unspecified atom stereocenters. The molecule has 1 amide bonds. The number of piperidine rings is 1. The Morgan fingerprint density at radius 1 is 1.39 bits per heavy atom. The molecule has 0 saturated carbocycles. The quantitative estimate of drug-likeness (QED) is 0.753. The molecule has 106 valence electrons. The van der Waals surface area contributed by atoms with Crippen molar-refractivity contribution < 1.29 is 9.53 Å². The molecule has 0 spiro atoms. The van der Waals surface area contributed by atoms with Crippen LogP contribution in [-0.4, -0.2) is 44.2 Å². The molecule has 1 atom stereocenters. The van der Waals surface area contributed by atoms with Crippen LogP contribution < -0.4 is 5.73 Å². The second kappa shape index (κ2) is 8.48. The molecule has 0 aromatic rings. The molecule has 1 aliphatic heterocycles. The van der Waals surface area contributed by atoms with Gasteiger partial charge in [-0.15, -0.1) is 0 Å². The van der Waals surface area contributed by atoms with Gasteiger partial charge < -0.3 is 15.4 Å². The zero-order valence-electron chi connectivity index (χ0n) is 11.9. The lowest BCUT2D eigenvalue weighted by Gasteiger charge is -2.32. The van der Waals surface area contributed by atoms with E-state index in [1.165, 1.54) is 0 Å². The van der Waals surface area contributed by atoms with Crippen LogP contribution in [-0.2, 0) is 9.53 Å². The van der Waals surface area contributed by atoms with Crippen molar-refractivity contribution in [1.82, 2.24) is 4.90 Å². The van der Waals surface area contributed by atoms with E-state index in [0.29, 0.717) is 24.2 Å². The molecule has 2 N–H and O–H groups in total. The highest BCUT2D eigenvalue weighted by atomic mass is 16.5. The summed E-state index contributed by atoms with van der Waals surface area (Å²) in [6.45, 7) is 5.52. The third-order valence-corrected chi connectivity index (χ3v) is 3.88. The van der Waals surface area contributed by atoms with Gasteiger partial charge in [-0.2, -0.15) is 0 Å². The molecule has 4 nitrogen and oxygen atoms in total. The SMILES string of the molecule is COCC1CCN(C(=O)CCC(C)CCN)CC1. The Hall–Kier alpha value is -0.610. The minimum Gasteiger partial charge on any atom is -0.384 e. The lowest BCUT2D eigenvalue weighted by atomic mass is 9.96. The first-order valence-corrected chi connectivity index (χ1v) is 7.14. The van der Waals surface area contributed by atoms with Gasteiger partial charge in [0.1, 0.15) is 0 Å². The van der Waals surface area contributed by atoms with E-state index in [1.54, 1.807) is 7.11 Å². The summed E-state index contributed by atoms with van der Waals surface area (Å²) in [6.07, 6.45) is 4.82. The number of carbonyl (C=O) groups is 1. The summed E-state index contributed by atoms with van der Waals surface area (Å²) in [6, 6.07) is 0. The van der Waals surface area contributed by atoms with Crippen molar-refractivity contribution in [2.75, 3.05) is 33.4 Å². The average molecular weight is 256 g/mol. The molecule has 1 aliphatic rings. The van der Waals surface area contributed by atoms with Crippen LogP contribution >= 0.6 is 0 Å². The average Bonchev–Trinajstić information content (AvgIpc) is 2.37. The predicted octanol–water partition coefficient (Wildman–Crippen LogP) is 1.64. The smallest absolute Gasteiger partial charge is 0.222 e. The first-order valence-electron chi connectivity index (χ1n) is 7.14. The number of methoxy groups -OCH3 is 1. The monoisotopic (exact) mass is 256 g/mol. The van der Waals surface area contributed by atoms with Crippen LogP contribution in [0.1, 0.15) is 39.0 Å². The van der Waals surface area contributed by atoms with Crippen LogP contribution in [0, 0.1) is 11.8 Å². The van der Waals surface area contributed by atoms with Gasteiger partial charge in [-0.3, -0.25) is 4.79 Å². The standard InChI is InChI=1S/C14H28N2O2/c1-12(5-8-15)3-4-14(17)16-9-6-13(7-10-16)11-18-2/h12-13H,3-11,15H2,1-2H3. The molecular formula is C14H28N2O2. The highest BCUT2D eigenvalue weighted by Crippen LogP contribution is 2.19. The molecule has 1 rings (SSSR count). The molecule has 18 heavy (non-hydrogen) atoms. The summed E-state index contributed by atoms with van der Waals surface area (Å²) in [4.78, 5) is 14.0. The van der Waals surface area contributed by atoms with Gasteiger partial charge in [0.15, 0.2) is 0 Å². The normalized spacial score (nSPS) is 18.9. The Labute approximate surface area is 111 Å². The fraction of sp³-hybridized carbons (Fsp3) is 0.929. The van der Waals surface area contributed by atoms with E-state index in [1.807, 2.05) is 4.90 Å². The number of nitrogens with zero attached hydrogens (tertiary/aromatic N) is 1. The lowest BCUT2D eigenvalue weighted by molar-refractivity contribution is -0.133. The molecule has 0 bridgehead atoms. The summed E-state index contributed by atoms with van der Waals surface area (Å²) in [5.74, 6) is 1.51. The maximum atomic E-state index is 12.0. The van der Waals surface area contributed by atoms with E-state index in [-0.39, 0.29) is 0 Å². The van der Waals surface area contributed by atoms with Crippen molar-refractivity contribution in [1.29, 1.82) is 0 Å². The molecule has 0 aromatic carbocycles. The van der Waals surface area contributed by atoms with Crippen LogP contribution in [0.5, 0.6) is 0 Å². The van der Waals surface area contributed by atoms with E-state index in [2.05, 4.69) is 6.92 Å². The predicted molar refractivity (Wildman–Crippen MR) is 73.2 cm³/mol. The van der Waals surface area contributed by atoms with Gasteiger partial charge in [0.25, 0.3) is 0 Å². The molecule has 1 fully saturated rings. The van der Waals surface area contributed by atoms with Gasteiger partial charge in [0.05, 0.1) is 0 Å². The Morgan fingerprint density at radius 2 is 2.06 bits per heavy atom. The second-order valence-corrected chi connectivity index (χ2v) is 5.50. The topological polar surface area (TPSA) is 55.6 Å². The van der Waals surface area contributed by atoms with Crippen molar-refractivity contribution in [3.63, 3.8) is 0 Å². The third-order valence-electron chi connectivity index (χ3n) is 3.88. The Balaban J connectivity index is 2.19. The molecule has 0 aliphatic carbocycles. The van der Waals surface area contributed by atoms with Crippen LogP contribution in [0.25, 0.3) is 0 Å². The fourth-order valence-corrected chi connectivity index (χ4v) is 2.54. The van der Waals surface area contributed by atoms with Crippen LogP contribution in [0.3, 0.4) is 0 Å². The number of likely N-dealkylation sites (tertiary alicyclic amines) is 1. The van der Waals surface area contributed by atoms with Crippen LogP contribution in [0.4, 0.5) is 0 Å². The number of hydrogen-bond acceptors (Lipinski definition) is 3. The molecule has 1 saturated heterocycles. The second-order valence-electron chi connectivity index (χ2n) is 5.50. The van der Waals surface area contributed by atoms with Gasteiger partial charge in [0.2, 0.25) is 5.91 Å². The fourth-order valence-electron chi connectivity index (χ4n) is 2.54. The lowest BCUT2D eigenvalue weighted by Crippen LogP contribution is -2.39. The van der Waals surface area contributed by atoms with Gasteiger partial charge in [0, 0.05) is 33.2 Å². The Kier molecular flexibility index (Phi) is 7.28. The van der Waals surface area contributed by atoms with Crippen molar-refractivity contribution in [2.24, 2.45) is 17.6 Å². The number of hydrogen-bond donors (Lipinski definition) is 1. The first kappa shape index (κ1) is 15.4. The zero-order chi connectivity index (χ0) is 13.4. The largest absolute Gasteiger partial charge is 0.384 e. The van der Waals surface area contributed by atoms with E-state index in [4.69, 9.17) is 10.5 Å². The number of ether oxygens (including phenoxy) is 1. The van der Waals surface area contributed by atoms with Gasteiger partial charge >= 0.3 is 0 Å². The Morgan fingerprint density at radius 3 is 2.61 bits per heavy atom. The summed E-state index contributed by atoms with van der Waals surface area (Å²) < 4.78 is 5.17. The number of carbonyl (C=O) groups excluding carboxylic acids is 1. The molecule has 0 aromatic heterocycles. The summed E-state index contributed by atoms with van der Waals surface area (Å²) in [5.41, 5.74) is 5.52. The molecule has 1 heterocycles. The molecular weight excluding hydrogens is 228 g/mol. The zero-order valence-corrected chi connectivity index (χ0v) is 11.9. The highest BCUT2D eigenvalue weighted by molar-refractivity contribution is 5.76. The number of amides is 1. The Bertz CT molecular complexity index is 238. The first-order chi connectivity index (χ1) is 8.67. The maximum absolute atomic E-state index is 12.0.